The van der Waals surface area contributed by atoms with Gasteiger partial charge in [-0.3, -0.25) is 14.8 Å². The lowest BCUT2D eigenvalue weighted by molar-refractivity contribution is -0.117. The molecule has 0 radical (unpaired) electrons. The summed E-state index contributed by atoms with van der Waals surface area (Å²) in [6, 6.07) is 5.48. The molecule has 0 aliphatic heterocycles. The Balaban J connectivity index is 2.23. The van der Waals surface area contributed by atoms with Crippen molar-refractivity contribution in [1.29, 1.82) is 0 Å². The number of carbonyl (C=O) groups is 1. The van der Waals surface area contributed by atoms with Crippen LogP contribution in [0.5, 0.6) is 0 Å². The quantitative estimate of drug-likeness (QED) is 0.819. The monoisotopic (exact) mass is 246 g/mol. The van der Waals surface area contributed by atoms with Gasteiger partial charge in [-0.05, 0) is 12.1 Å². The molecule has 86 valence electrons. The maximum Gasteiger partial charge on any atom is 0.237 e. The zero-order valence-corrected chi connectivity index (χ0v) is 9.67. The van der Waals surface area contributed by atoms with E-state index in [2.05, 4.69) is 15.0 Å². The summed E-state index contributed by atoms with van der Waals surface area (Å²) in [4.78, 5) is 23.6. The Labute approximate surface area is 103 Å². The van der Waals surface area contributed by atoms with Gasteiger partial charge in [-0.15, -0.1) is 0 Å². The van der Waals surface area contributed by atoms with E-state index in [-0.39, 0.29) is 0 Å². The van der Waals surface area contributed by atoms with Crippen molar-refractivity contribution in [3.05, 3.63) is 48.7 Å². The molecule has 1 amide bonds. The topological polar surface area (TPSA) is 81.8 Å². The molecule has 1 atom stereocenters. The van der Waals surface area contributed by atoms with Gasteiger partial charge in [0.05, 0.1) is 16.9 Å². The molecular weight excluding hydrogens is 236 g/mol. The van der Waals surface area contributed by atoms with Crippen molar-refractivity contribution in [2.75, 3.05) is 0 Å². The van der Waals surface area contributed by atoms with E-state index in [1.807, 2.05) is 18.2 Å². The second-order valence-electron chi connectivity index (χ2n) is 3.20. The fourth-order valence-electron chi connectivity index (χ4n) is 1.25. The number of pyridine rings is 1. The van der Waals surface area contributed by atoms with Gasteiger partial charge in [-0.25, -0.2) is 4.98 Å². The molecule has 2 rings (SSSR count). The van der Waals surface area contributed by atoms with Gasteiger partial charge in [0.25, 0.3) is 0 Å². The number of thioether (sulfide) groups is 1. The van der Waals surface area contributed by atoms with Crippen LogP contribution in [0.1, 0.15) is 10.9 Å². The summed E-state index contributed by atoms with van der Waals surface area (Å²) in [7, 11) is 0. The average Bonchev–Trinajstić information content (AvgIpc) is 2.38. The fraction of sp³-hybridized carbons (Fsp3) is 0.0909. The lowest BCUT2D eigenvalue weighted by Crippen LogP contribution is -2.20. The van der Waals surface area contributed by atoms with Crippen molar-refractivity contribution in [2.45, 2.75) is 10.3 Å². The number of carbonyl (C=O) groups excluding carboxylic acids is 1. The minimum absolute atomic E-state index is 0.457. The maximum atomic E-state index is 11.4. The van der Waals surface area contributed by atoms with Crippen molar-refractivity contribution >= 4 is 17.7 Å². The lowest BCUT2D eigenvalue weighted by Gasteiger charge is -2.10. The van der Waals surface area contributed by atoms with Crippen LogP contribution >= 0.6 is 11.8 Å². The van der Waals surface area contributed by atoms with E-state index in [4.69, 9.17) is 5.73 Å². The zero-order chi connectivity index (χ0) is 12.1. The zero-order valence-electron chi connectivity index (χ0n) is 8.85. The van der Waals surface area contributed by atoms with Crippen LogP contribution in [-0.4, -0.2) is 20.9 Å². The molecular formula is C11H10N4OS. The molecule has 2 N–H and O–H groups in total. The molecule has 5 nitrogen and oxygen atoms in total. The molecule has 17 heavy (non-hydrogen) atoms. The first-order valence-corrected chi connectivity index (χ1v) is 5.78. The first kappa shape index (κ1) is 11.5. The van der Waals surface area contributed by atoms with Crippen LogP contribution in [0.2, 0.25) is 0 Å². The SMILES string of the molecule is NC(=O)C(Sc1ccccn1)c1cnccn1. The predicted octanol–water partition coefficient (Wildman–Crippen LogP) is 1.19. The third-order valence-corrected chi connectivity index (χ3v) is 3.18. The van der Waals surface area contributed by atoms with Crippen LogP contribution in [0.15, 0.2) is 48.0 Å². The standard InChI is InChI=1S/C11H10N4OS/c12-11(16)10(8-7-13-5-6-14-8)17-9-3-1-2-4-15-9/h1-7,10H,(H2,12,16). The number of hydrogen-bond acceptors (Lipinski definition) is 5. The normalized spacial score (nSPS) is 12.0. The average molecular weight is 246 g/mol. The van der Waals surface area contributed by atoms with Gasteiger partial charge in [0.15, 0.2) is 0 Å². The molecule has 0 bridgehead atoms. The van der Waals surface area contributed by atoms with Gasteiger partial charge >= 0.3 is 0 Å². The number of rotatable bonds is 4. The predicted molar refractivity (Wildman–Crippen MR) is 64.1 cm³/mol. The number of primary amides is 1. The Kier molecular flexibility index (Phi) is 3.66. The molecule has 2 aromatic rings. The third kappa shape index (κ3) is 3.01. The van der Waals surface area contributed by atoms with Gasteiger partial charge in [0.1, 0.15) is 5.25 Å². The maximum absolute atomic E-state index is 11.4. The minimum atomic E-state index is -0.571. The van der Waals surface area contributed by atoms with Crippen molar-refractivity contribution < 1.29 is 4.79 Å². The molecule has 0 saturated carbocycles. The van der Waals surface area contributed by atoms with Gasteiger partial charge in [-0.2, -0.15) is 0 Å². The van der Waals surface area contributed by atoms with Crippen LogP contribution < -0.4 is 5.73 Å². The molecule has 1 unspecified atom stereocenters. The number of amides is 1. The Morgan fingerprint density at radius 3 is 2.71 bits per heavy atom. The molecule has 2 aromatic heterocycles. The molecule has 2 heterocycles. The second kappa shape index (κ2) is 5.40. The Morgan fingerprint density at radius 1 is 1.24 bits per heavy atom. The first-order valence-electron chi connectivity index (χ1n) is 4.90. The molecule has 0 fully saturated rings. The van der Waals surface area contributed by atoms with E-state index in [0.29, 0.717) is 5.69 Å². The molecule has 0 saturated heterocycles. The van der Waals surface area contributed by atoms with E-state index in [1.54, 1.807) is 12.4 Å². The molecule has 0 aromatic carbocycles. The van der Waals surface area contributed by atoms with Crippen LogP contribution in [0.3, 0.4) is 0 Å². The number of nitrogens with zero attached hydrogens (tertiary/aromatic N) is 3. The van der Waals surface area contributed by atoms with E-state index in [9.17, 15) is 4.79 Å². The van der Waals surface area contributed by atoms with Crippen molar-refractivity contribution in [3.8, 4) is 0 Å². The highest BCUT2D eigenvalue weighted by atomic mass is 32.2. The fourth-order valence-corrected chi connectivity index (χ4v) is 2.13. The minimum Gasteiger partial charge on any atom is -0.368 e. The van der Waals surface area contributed by atoms with Crippen LogP contribution in [-0.2, 0) is 4.79 Å². The largest absolute Gasteiger partial charge is 0.368 e. The van der Waals surface area contributed by atoms with E-state index < -0.39 is 11.2 Å². The van der Waals surface area contributed by atoms with Gasteiger partial charge in [0, 0.05) is 18.6 Å². The van der Waals surface area contributed by atoms with Crippen molar-refractivity contribution in [3.63, 3.8) is 0 Å². The molecule has 0 spiro atoms. The number of hydrogen-bond donors (Lipinski definition) is 1. The van der Waals surface area contributed by atoms with Crippen LogP contribution in [0.25, 0.3) is 0 Å². The lowest BCUT2D eigenvalue weighted by atomic mass is 10.3. The summed E-state index contributed by atoms with van der Waals surface area (Å²) in [5.74, 6) is -0.457. The van der Waals surface area contributed by atoms with Gasteiger partial charge in [0.2, 0.25) is 5.91 Å². The number of nitrogens with two attached hydrogens (primary N) is 1. The Morgan fingerprint density at radius 2 is 2.12 bits per heavy atom. The van der Waals surface area contributed by atoms with Gasteiger partial charge < -0.3 is 5.73 Å². The summed E-state index contributed by atoms with van der Waals surface area (Å²) < 4.78 is 0. The highest BCUT2D eigenvalue weighted by Gasteiger charge is 2.21. The van der Waals surface area contributed by atoms with E-state index >= 15 is 0 Å². The van der Waals surface area contributed by atoms with Crippen LogP contribution in [0.4, 0.5) is 0 Å². The second-order valence-corrected chi connectivity index (χ2v) is 4.32. The third-order valence-electron chi connectivity index (χ3n) is 1.99. The van der Waals surface area contributed by atoms with E-state index in [1.165, 1.54) is 24.2 Å². The first-order chi connectivity index (χ1) is 8.27. The highest BCUT2D eigenvalue weighted by Crippen LogP contribution is 2.31. The van der Waals surface area contributed by atoms with Crippen molar-refractivity contribution in [1.82, 2.24) is 15.0 Å². The summed E-state index contributed by atoms with van der Waals surface area (Å²) >= 11 is 1.26. The molecule has 0 aliphatic carbocycles. The summed E-state index contributed by atoms with van der Waals surface area (Å²) in [5, 5.41) is 0.153. The van der Waals surface area contributed by atoms with Gasteiger partial charge in [-0.1, -0.05) is 17.8 Å². The highest BCUT2D eigenvalue weighted by molar-refractivity contribution is 8.00. The van der Waals surface area contributed by atoms with E-state index in [0.717, 1.165) is 5.03 Å². The Hall–Kier alpha value is -1.95. The summed E-state index contributed by atoms with van der Waals surface area (Å²) in [6.07, 6.45) is 6.28. The molecule has 0 aliphatic rings. The van der Waals surface area contributed by atoms with Crippen molar-refractivity contribution in [2.24, 2.45) is 5.73 Å². The molecule has 6 heteroatoms. The summed E-state index contributed by atoms with van der Waals surface area (Å²) in [6.45, 7) is 0. The smallest absolute Gasteiger partial charge is 0.237 e. The Bertz CT molecular complexity index is 491. The summed E-state index contributed by atoms with van der Waals surface area (Å²) in [5.41, 5.74) is 5.90. The number of aromatic nitrogens is 3. The van der Waals surface area contributed by atoms with Crippen LogP contribution in [0, 0.1) is 0 Å².